The van der Waals surface area contributed by atoms with Crippen LogP contribution in [0.3, 0.4) is 0 Å². The molecule has 0 radical (unpaired) electrons. The first kappa shape index (κ1) is 13.2. The van der Waals surface area contributed by atoms with E-state index < -0.39 is 0 Å². The summed E-state index contributed by atoms with van der Waals surface area (Å²) in [5, 5.41) is 9.56. The average molecular weight is 251 g/mol. The number of likely N-dealkylation sites (N-methyl/N-ethyl adjacent to an activating group) is 1. The lowest BCUT2D eigenvalue weighted by Crippen LogP contribution is -2.36. The molecule has 0 bridgehead atoms. The van der Waals surface area contributed by atoms with Crippen LogP contribution in [0.15, 0.2) is 18.2 Å². The second kappa shape index (κ2) is 5.59. The molecule has 0 aromatic heterocycles. The number of ether oxygens (including phenoxy) is 2. The Morgan fingerprint density at radius 2 is 2.28 bits per heavy atom. The van der Waals surface area contributed by atoms with Gasteiger partial charge in [-0.3, -0.25) is 4.90 Å². The van der Waals surface area contributed by atoms with Crippen molar-refractivity contribution in [3.8, 4) is 11.5 Å². The monoisotopic (exact) mass is 251 g/mol. The van der Waals surface area contributed by atoms with Gasteiger partial charge in [0.2, 0.25) is 0 Å². The number of aromatic hydroxyl groups is 1. The first-order valence-electron chi connectivity index (χ1n) is 6.29. The van der Waals surface area contributed by atoms with Gasteiger partial charge in [0.1, 0.15) is 0 Å². The molecule has 0 spiro atoms. The summed E-state index contributed by atoms with van der Waals surface area (Å²) in [5.74, 6) is 0.707. The van der Waals surface area contributed by atoms with E-state index in [1.165, 1.54) is 0 Å². The molecule has 1 aromatic rings. The summed E-state index contributed by atoms with van der Waals surface area (Å²) in [6.45, 7) is 3.79. The van der Waals surface area contributed by atoms with Crippen molar-refractivity contribution in [2.24, 2.45) is 0 Å². The fraction of sp³-hybridized carbons (Fsp3) is 0.571. The molecule has 1 aliphatic heterocycles. The van der Waals surface area contributed by atoms with Gasteiger partial charge in [-0.25, -0.2) is 0 Å². The molecule has 1 aromatic carbocycles. The SMILES string of the molecule is COc1cc(CN(C)C2CCOC2C)ccc1O. The Kier molecular flexibility index (Phi) is 4.09. The Bertz CT molecular complexity index is 408. The highest BCUT2D eigenvalue weighted by Crippen LogP contribution is 2.27. The van der Waals surface area contributed by atoms with Crippen molar-refractivity contribution in [1.29, 1.82) is 0 Å². The molecule has 18 heavy (non-hydrogen) atoms. The maximum absolute atomic E-state index is 9.56. The largest absolute Gasteiger partial charge is 0.504 e. The van der Waals surface area contributed by atoms with Gasteiger partial charge in [-0.1, -0.05) is 6.07 Å². The van der Waals surface area contributed by atoms with Crippen molar-refractivity contribution < 1.29 is 14.6 Å². The predicted molar refractivity (Wildman–Crippen MR) is 69.9 cm³/mol. The van der Waals surface area contributed by atoms with Crippen LogP contribution in [-0.2, 0) is 11.3 Å². The fourth-order valence-electron chi connectivity index (χ4n) is 2.52. The zero-order chi connectivity index (χ0) is 13.1. The van der Waals surface area contributed by atoms with Gasteiger partial charge in [0.25, 0.3) is 0 Å². The van der Waals surface area contributed by atoms with Crippen molar-refractivity contribution in [3.05, 3.63) is 23.8 Å². The molecule has 1 saturated heterocycles. The summed E-state index contributed by atoms with van der Waals surface area (Å²) < 4.78 is 10.7. The molecule has 2 unspecified atom stereocenters. The number of phenolic OH excluding ortho intramolecular Hbond substituents is 1. The van der Waals surface area contributed by atoms with Gasteiger partial charge in [0, 0.05) is 19.2 Å². The molecule has 4 nitrogen and oxygen atoms in total. The lowest BCUT2D eigenvalue weighted by atomic mass is 10.1. The molecule has 2 rings (SSSR count). The molecule has 4 heteroatoms. The Morgan fingerprint density at radius 3 is 2.89 bits per heavy atom. The van der Waals surface area contributed by atoms with Crippen molar-refractivity contribution in [1.82, 2.24) is 4.90 Å². The quantitative estimate of drug-likeness (QED) is 0.889. The molecule has 1 fully saturated rings. The molecule has 0 saturated carbocycles. The van der Waals surface area contributed by atoms with E-state index in [0.717, 1.165) is 25.1 Å². The summed E-state index contributed by atoms with van der Waals surface area (Å²) >= 11 is 0. The van der Waals surface area contributed by atoms with E-state index in [2.05, 4.69) is 18.9 Å². The van der Waals surface area contributed by atoms with E-state index in [1.54, 1.807) is 13.2 Å². The molecular formula is C14H21NO3. The summed E-state index contributed by atoms with van der Waals surface area (Å²) in [6, 6.07) is 5.95. The number of rotatable bonds is 4. The molecule has 1 heterocycles. The summed E-state index contributed by atoms with van der Waals surface area (Å²) in [5.41, 5.74) is 1.13. The standard InChI is InChI=1S/C14H21NO3/c1-10-12(6-7-18-10)15(2)9-11-4-5-13(16)14(8-11)17-3/h4-5,8,10,12,16H,6-7,9H2,1-3H3. The Balaban J connectivity index is 2.04. The van der Waals surface area contributed by atoms with Gasteiger partial charge in [-0.15, -0.1) is 0 Å². The smallest absolute Gasteiger partial charge is 0.160 e. The minimum absolute atomic E-state index is 0.182. The van der Waals surface area contributed by atoms with E-state index in [9.17, 15) is 5.11 Å². The van der Waals surface area contributed by atoms with Gasteiger partial charge in [-0.2, -0.15) is 0 Å². The van der Waals surface area contributed by atoms with E-state index in [0.29, 0.717) is 11.8 Å². The lowest BCUT2D eigenvalue weighted by Gasteiger charge is -2.26. The molecule has 0 aliphatic carbocycles. The first-order chi connectivity index (χ1) is 8.61. The number of methoxy groups -OCH3 is 1. The van der Waals surface area contributed by atoms with Crippen LogP contribution in [0.1, 0.15) is 18.9 Å². The van der Waals surface area contributed by atoms with Gasteiger partial charge in [0.05, 0.1) is 13.2 Å². The number of phenols is 1. The summed E-state index contributed by atoms with van der Waals surface area (Å²) in [4.78, 5) is 2.30. The van der Waals surface area contributed by atoms with Crippen molar-refractivity contribution >= 4 is 0 Å². The number of hydrogen-bond donors (Lipinski definition) is 1. The second-order valence-corrected chi connectivity index (χ2v) is 4.85. The van der Waals surface area contributed by atoms with Gasteiger partial charge in [0.15, 0.2) is 11.5 Å². The zero-order valence-electron chi connectivity index (χ0n) is 11.2. The van der Waals surface area contributed by atoms with Crippen LogP contribution in [0.2, 0.25) is 0 Å². The number of hydrogen-bond acceptors (Lipinski definition) is 4. The second-order valence-electron chi connectivity index (χ2n) is 4.85. The van der Waals surface area contributed by atoms with E-state index in [1.807, 2.05) is 12.1 Å². The molecular weight excluding hydrogens is 230 g/mol. The van der Waals surface area contributed by atoms with Crippen LogP contribution < -0.4 is 4.74 Å². The highest BCUT2D eigenvalue weighted by atomic mass is 16.5. The third-order valence-corrected chi connectivity index (χ3v) is 3.58. The summed E-state index contributed by atoms with van der Waals surface area (Å²) in [7, 11) is 3.67. The van der Waals surface area contributed by atoms with Crippen LogP contribution in [-0.4, -0.2) is 42.9 Å². The third-order valence-electron chi connectivity index (χ3n) is 3.58. The normalized spacial score (nSPS) is 23.6. The number of benzene rings is 1. The van der Waals surface area contributed by atoms with Crippen molar-refractivity contribution in [3.63, 3.8) is 0 Å². The number of nitrogens with zero attached hydrogens (tertiary/aromatic N) is 1. The molecule has 1 N–H and O–H groups in total. The molecule has 100 valence electrons. The van der Waals surface area contributed by atoms with Crippen molar-refractivity contribution in [2.75, 3.05) is 20.8 Å². The van der Waals surface area contributed by atoms with Crippen LogP contribution in [0.4, 0.5) is 0 Å². The lowest BCUT2D eigenvalue weighted by molar-refractivity contribution is 0.0814. The molecule has 2 atom stereocenters. The maximum Gasteiger partial charge on any atom is 0.160 e. The average Bonchev–Trinajstić information content (AvgIpc) is 2.78. The van der Waals surface area contributed by atoms with Crippen LogP contribution in [0.5, 0.6) is 11.5 Å². The van der Waals surface area contributed by atoms with Crippen LogP contribution >= 0.6 is 0 Å². The fourth-order valence-corrected chi connectivity index (χ4v) is 2.52. The van der Waals surface area contributed by atoms with Gasteiger partial charge in [-0.05, 0) is 38.1 Å². The Hall–Kier alpha value is -1.26. The molecule has 1 aliphatic rings. The Morgan fingerprint density at radius 1 is 1.50 bits per heavy atom. The first-order valence-corrected chi connectivity index (χ1v) is 6.29. The highest BCUT2D eigenvalue weighted by Gasteiger charge is 2.27. The van der Waals surface area contributed by atoms with E-state index in [4.69, 9.17) is 9.47 Å². The van der Waals surface area contributed by atoms with Crippen molar-refractivity contribution in [2.45, 2.75) is 32.0 Å². The minimum Gasteiger partial charge on any atom is -0.504 e. The third kappa shape index (κ3) is 2.76. The minimum atomic E-state index is 0.182. The predicted octanol–water partition coefficient (Wildman–Crippen LogP) is 2.01. The summed E-state index contributed by atoms with van der Waals surface area (Å²) in [6.07, 6.45) is 1.36. The van der Waals surface area contributed by atoms with E-state index >= 15 is 0 Å². The zero-order valence-corrected chi connectivity index (χ0v) is 11.2. The maximum atomic E-state index is 9.56. The van der Waals surface area contributed by atoms with Gasteiger partial charge >= 0.3 is 0 Å². The molecule has 0 amide bonds. The topological polar surface area (TPSA) is 41.9 Å². The highest BCUT2D eigenvalue weighted by molar-refractivity contribution is 5.41. The Labute approximate surface area is 108 Å². The van der Waals surface area contributed by atoms with Crippen LogP contribution in [0.25, 0.3) is 0 Å². The van der Waals surface area contributed by atoms with Gasteiger partial charge < -0.3 is 14.6 Å². The van der Waals surface area contributed by atoms with E-state index in [-0.39, 0.29) is 11.9 Å². The van der Waals surface area contributed by atoms with Crippen LogP contribution in [0, 0.1) is 0 Å².